The molecule has 0 aromatic heterocycles. The predicted molar refractivity (Wildman–Crippen MR) is 363 cm³/mol. The lowest BCUT2D eigenvalue weighted by Gasteiger charge is -2.21. The molecule has 17 nitrogen and oxygen atoms in total. The third kappa shape index (κ3) is 64.8. The van der Waals surface area contributed by atoms with Crippen LogP contribution in [0.2, 0.25) is 0 Å². The first-order chi connectivity index (χ1) is 43.1. The van der Waals surface area contributed by atoms with Crippen molar-refractivity contribution in [3.8, 4) is 0 Å². The van der Waals surface area contributed by atoms with Crippen LogP contribution in [0.1, 0.15) is 351 Å². The van der Waals surface area contributed by atoms with Gasteiger partial charge in [-0.3, -0.25) is 37.3 Å². The van der Waals surface area contributed by atoms with Crippen LogP contribution in [0.4, 0.5) is 0 Å². The fourth-order valence-electron chi connectivity index (χ4n) is 10.7. The van der Waals surface area contributed by atoms with Crippen LogP contribution in [0.25, 0.3) is 0 Å². The molecule has 0 radical (unpaired) electrons. The summed E-state index contributed by atoms with van der Waals surface area (Å²) in [5, 5.41) is 10.6. The van der Waals surface area contributed by atoms with E-state index in [9.17, 15) is 43.2 Å². The highest BCUT2D eigenvalue weighted by atomic mass is 31.2. The smallest absolute Gasteiger partial charge is 0.462 e. The Balaban J connectivity index is 5.22. The first kappa shape index (κ1) is 88.1. The SMILES string of the molecule is CC(C)CCCCCCCCCCCCCCCCC(=O)OC[C@H](COP(=O)(O)OCC(O)COP(=O)(O)OC[C@@H](COC(=O)CCCCCCCCCCC(C)C)OC(=O)CCCCCCCCC(C)C)OC(=O)CCCCCCCCCCCCC(C)C. The molecule has 0 saturated heterocycles. The summed E-state index contributed by atoms with van der Waals surface area (Å²) in [4.78, 5) is 72.5. The highest BCUT2D eigenvalue weighted by Crippen LogP contribution is 2.45. The summed E-state index contributed by atoms with van der Waals surface area (Å²) in [6.45, 7) is 14.0. The fourth-order valence-corrected chi connectivity index (χ4v) is 12.2. The second-order valence-electron chi connectivity index (χ2n) is 27.5. The van der Waals surface area contributed by atoms with Crippen molar-refractivity contribution in [3.05, 3.63) is 0 Å². The number of rotatable bonds is 68. The molecule has 0 saturated carbocycles. The number of phosphoric ester groups is 2. The van der Waals surface area contributed by atoms with Crippen LogP contribution in [0.5, 0.6) is 0 Å². The Labute approximate surface area is 549 Å². The summed E-state index contributed by atoms with van der Waals surface area (Å²) >= 11 is 0. The van der Waals surface area contributed by atoms with Crippen molar-refractivity contribution in [2.75, 3.05) is 39.6 Å². The van der Waals surface area contributed by atoms with Gasteiger partial charge in [-0.15, -0.1) is 0 Å². The summed E-state index contributed by atoms with van der Waals surface area (Å²) in [5.41, 5.74) is 0. The summed E-state index contributed by atoms with van der Waals surface area (Å²) in [5.74, 6) is 0.814. The molecule has 0 rings (SSSR count). The first-order valence-corrected chi connectivity index (χ1v) is 39.7. The van der Waals surface area contributed by atoms with Gasteiger partial charge in [-0.2, -0.15) is 0 Å². The average Bonchev–Trinajstić information content (AvgIpc) is 3.66. The molecule has 19 heteroatoms. The minimum Gasteiger partial charge on any atom is -0.462 e. The van der Waals surface area contributed by atoms with E-state index in [4.69, 9.17) is 37.0 Å². The Morgan fingerprint density at radius 2 is 0.467 bits per heavy atom. The quantitative estimate of drug-likeness (QED) is 0.0222. The van der Waals surface area contributed by atoms with Crippen molar-refractivity contribution in [2.45, 2.75) is 369 Å². The summed E-state index contributed by atoms with van der Waals surface area (Å²) in [6, 6.07) is 0. The van der Waals surface area contributed by atoms with E-state index >= 15 is 0 Å². The highest BCUT2D eigenvalue weighted by molar-refractivity contribution is 7.47. The fraction of sp³-hybridized carbons (Fsp3) is 0.944. The van der Waals surface area contributed by atoms with Crippen LogP contribution < -0.4 is 0 Å². The van der Waals surface area contributed by atoms with E-state index in [1.165, 1.54) is 154 Å². The van der Waals surface area contributed by atoms with Crippen LogP contribution in [0.15, 0.2) is 0 Å². The molecule has 0 spiro atoms. The largest absolute Gasteiger partial charge is 0.472 e. The van der Waals surface area contributed by atoms with Gasteiger partial charge in [0, 0.05) is 25.7 Å². The molecule has 3 unspecified atom stereocenters. The van der Waals surface area contributed by atoms with E-state index in [1.54, 1.807) is 0 Å². The van der Waals surface area contributed by atoms with E-state index in [-0.39, 0.29) is 25.7 Å². The summed E-state index contributed by atoms with van der Waals surface area (Å²) in [7, 11) is -9.90. The minimum absolute atomic E-state index is 0.101. The van der Waals surface area contributed by atoms with Crippen molar-refractivity contribution in [1.29, 1.82) is 0 Å². The van der Waals surface area contributed by atoms with Gasteiger partial charge in [0.05, 0.1) is 26.4 Å². The monoisotopic (exact) mass is 1320 g/mol. The Bertz CT molecular complexity index is 1780. The van der Waals surface area contributed by atoms with Gasteiger partial charge in [0.25, 0.3) is 0 Å². The molecular weight excluding hydrogens is 1190 g/mol. The maximum absolute atomic E-state index is 13.0. The molecule has 5 atom stereocenters. The van der Waals surface area contributed by atoms with Crippen molar-refractivity contribution in [1.82, 2.24) is 0 Å². The lowest BCUT2D eigenvalue weighted by molar-refractivity contribution is -0.161. The van der Waals surface area contributed by atoms with Crippen LogP contribution >= 0.6 is 15.6 Å². The molecule has 90 heavy (non-hydrogen) atoms. The van der Waals surface area contributed by atoms with E-state index < -0.39 is 97.5 Å². The maximum atomic E-state index is 13.0. The van der Waals surface area contributed by atoms with Gasteiger partial charge in [-0.05, 0) is 49.4 Å². The second kappa shape index (κ2) is 60.7. The molecule has 0 aromatic carbocycles. The Hall–Kier alpha value is -1.94. The number of aliphatic hydroxyl groups excluding tert-OH is 1. The van der Waals surface area contributed by atoms with Gasteiger partial charge in [0.2, 0.25) is 0 Å². The number of hydrogen-bond donors (Lipinski definition) is 3. The number of carbonyl (C=O) groups excluding carboxylic acids is 4. The number of unbranched alkanes of at least 4 members (excludes halogenated alkanes) is 34. The average molecular weight is 1330 g/mol. The molecule has 0 aliphatic heterocycles. The summed E-state index contributed by atoms with van der Waals surface area (Å²) < 4.78 is 68.3. The van der Waals surface area contributed by atoms with Gasteiger partial charge in [0.1, 0.15) is 19.3 Å². The van der Waals surface area contributed by atoms with Crippen molar-refractivity contribution >= 4 is 39.5 Å². The third-order valence-corrected chi connectivity index (χ3v) is 18.2. The standard InChI is InChI=1S/C71H138O17P2/c1-61(2)47-39-31-23-17-13-11-9-10-12-14-19-26-35-43-51-68(73)81-57-66(87-70(75)53-45-37-28-20-16-15-18-24-32-40-48-62(3)4)59-85-89(77,78)83-55-65(72)56-84-90(79,80)86-60-67(88-71(76)54-46-38-30-29-34-42-50-64(7)8)58-82-69(74)52-44-36-27-22-21-25-33-41-49-63(5)6/h61-67,72H,9-60H2,1-8H3,(H,77,78)(H,79,80)/t65?,66-,67-/m1/s1. The predicted octanol–water partition coefficient (Wildman–Crippen LogP) is 20.1. The van der Waals surface area contributed by atoms with Gasteiger partial charge in [-0.25, -0.2) is 9.13 Å². The summed E-state index contributed by atoms with van der Waals surface area (Å²) in [6.07, 6.45) is 43.3. The number of aliphatic hydroxyl groups is 1. The van der Waals surface area contributed by atoms with Crippen LogP contribution in [-0.4, -0.2) is 96.7 Å². The molecule has 0 fully saturated rings. The molecule has 0 amide bonds. The molecule has 0 aliphatic rings. The number of esters is 4. The zero-order valence-electron chi connectivity index (χ0n) is 58.8. The number of ether oxygens (including phenoxy) is 4. The zero-order valence-corrected chi connectivity index (χ0v) is 60.6. The van der Waals surface area contributed by atoms with Gasteiger partial charge in [0.15, 0.2) is 12.2 Å². The zero-order chi connectivity index (χ0) is 66.8. The number of carbonyl (C=O) groups is 4. The lowest BCUT2D eigenvalue weighted by Crippen LogP contribution is -2.30. The van der Waals surface area contributed by atoms with Crippen LogP contribution in [0, 0.1) is 23.7 Å². The van der Waals surface area contributed by atoms with Crippen LogP contribution in [0.3, 0.4) is 0 Å². The molecule has 534 valence electrons. The van der Waals surface area contributed by atoms with Crippen molar-refractivity contribution in [3.63, 3.8) is 0 Å². The van der Waals surface area contributed by atoms with Gasteiger partial charge >= 0.3 is 39.5 Å². The third-order valence-electron chi connectivity index (χ3n) is 16.3. The Kier molecular flexibility index (Phi) is 59.4. The van der Waals surface area contributed by atoms with Gasteiger partial charge < -0.3 is 33.8 Å². The molecule has 3 N–H and O–H groups in total. The topological polar surface area (TPSA) is 237 Å². The molecule has 0 heterocycles. The second-order valence-corrected chi connectivity index (χ2v) is 30.4. The first-order valence-electron chi connectivity index (χ1n) is 36.7. The maximum Gasteiger partial charge on any atom is 0.472 e. The number of hydrogen-bond acceptors (Lipinski definition) is 15. The van der Waals surface area contributed by atoms with Crippen molar-refractivity contribution in [2.24, 2.45) is 23.7 Å². The lowest BCUT2D eigenvalue weighted by atomic mass is 10.0. The molecule has 0 aromatic rings. The van der Waals surface area contributed by atoms with Gasteiger partial charge in [-0.1, -0.05) is 299 Å². The van der Waals surface area contributed by atoms with E-state index in [2.05, 4.69) is 55.4 Å². The minimum atomic E-state index is -4.95. The normalized spacial score (nSPS) is 14.3. The molecular formula is C71H138O17P2. The Morgan fingerprint density at radius 1 is 0.278 bits per heavy atom. The van der Waals surface area contributed by atoms with Crippen LogP contribution in [-0.2, 0) is 65.4 Å². The van der Waals surface area contributed by atoms with Crippen molar-refractivity contribution < 1.29 is 80.2 Å². The van der Waals surface area contributed by atoms with E-state index in [0.29, 0.717) is 31.6 Å². The van der Waals surface area contributed by atoms with E-state index in [0.717, 1.165) is 108 Å². The highest BCUT2D eigenvalue weighted by Gasteiger charge is 2.30. The molecule has 0 aliphatic carbocycles. The number of phosphoric acid groups is 2. The van der Waals surface area contributed by atoms with E-state index in [1.807, 2.05) is 0 Å². The Morgan fingerprint density at radius 3 is 0.689 bits per heavy atom. The molecule has 0 bridgehead atoms.